The van der Waals surface area contributed by atoms with E-state index in [1.165, 1.54) is 0 Å². The Morgan fingerprint density at radius 1 is 1.37 bits per heavy atom. The second-order valence-corrected chi connectivity index (χ2v) is 7.81. The Labute approximate surface area is 120 Å². The molecule has 1 aromatic carbocycles. The molecule has 0 atom stereocenters. The number of hydrogen-bond acceptors (Lipinski definition) is 3. The fourth-order valence-corrected chi connectivity index (χ4v) is 4.74. The van der Waals surface area contributed by atoms with Crippen LogP contribution in [0.25, 0.3) is 0 Å². The van der Waals surface area contributed by atoms with Crippen LogP contribution in [0.15, 0.2) is 27.6 Å². The van der Waals surface area contributed by atoms with Crippen molar-refractivity contribution < 1.29 is 18.3 Å². The topological polar surface area (TPSA) is 71.4 Å². The van der Waals surface area contributed by atoms with E-state index >= 15 is 0 Å². The van der Waals surface area contributed by atoms with Crippen LogP contribution in [0.1, 0.15) is 31.2 Å². The first-order chi connectivity index (χ1) is 8.91. The van der Waals surface area contributed by atoms with Gasteiger partial charge in [-0.25, -0.2) is 8.42 Å². The lowest BCUT2D eigenvalue weighted by molar-refractivity contribution is -0.137. The molecule has 1 aromatic rings. The van der Waals surface area contributed by atoms with Crippen LogP contribution in [0.2, 0.25) is 0 Å². The summed E-state index contributed by atoms with van der Waals surface area (Å²) in [6.07, 6.45) is 2.80. The van der Waals surface area contributed by atoms with Gasteiger partial charge in [0.1, 0.15) is 0 Å². The molecular formula is C13H15BrO4S. The van der Waals surface area contributed by atoms with E-state index in [9.17, 15) is 13.2 Å². The summed E-state index contributed by atoms with van der Waals surface area (Å²) in [5, 5.41) is 8.36. The Morgan fingerprint density at radius 3 is 2.58 bits per heavy atom. The molecule has 0 saturated heterocycles. The second kappa shape index (κ2) is 5.63. The molecule has 2 rings (SSSR count). The Hall–Kier alpha value is -0.880. The number of halogens is 1. The zero-order chi connectivity index (χ0) is 14.0. The molecule has 1 N–H and O–H groups in total. The van der Waals surface area contributed by atoms with Crippen molar-refractivity contribution in [3.8, 4) is 0 Å². The van der Waals surface area contributed by atoms with Gasteiger partial charge in [0.05, 0.1) is 10.1 Å². The predicted molar refractivity (Wildman–Crippen MR) is 74.9 cm³/mol. The van der Waals surface area contributed by atoms with Crippen LogP contribution in [-0.2, 0) is 21.1 Å². The van der Waals surface area contributed by atoms with Gasteiger partial charge in [-0.1, -0.05) is 6.07 Å². The average molecular weight is 347 g/mol. The molecule has 1 fully saturated rings. The van der Waals surface area contributed by atoms with Crippen LogP contribution >= 0.6 is 15.9 Å². The molecule has 0 heterocycles. The molecule has 0 amide bonds. The lowest BCUT2D eigenvalue weighted by atomic mass is 10.1. The zero-order valence-corrected chi connectivity index (χ0v) is 12.7. The second-order valence-electron chi connectivity index (χ2n) is 4.76. The van der Waals surface area contributed by atoms with E-state index in [0.29, 0.717) is 22.2 Å². The number of rotatable bonds is 6. The number of carboxylic acids is 1. The largest absolute Gasteiger partial charge is 0.481 e. The van der Waals surface area contributed by atoms with Crippen molar-refractivity contribution in [2.45, 2.75) is 42.2 Å². The van der Waals surface area contributed by atoms with E-state index in [2.05, 4.69) is 15.9 Å². The van der Waals surface area contributed by atoms with E-state index in [1.807, 2.05) is 0 Å². The smallest absolute Gasteiger partial charge is 0.303 e. The molecule has 6 heteroatoms. The molecule has 4 nitrogen and oxygen atoms in total. The number of aliphatic carboxylic acids is 1. The summed E-state index contributed by atoms with van der Waals surface area (Å²) < 4.78 is 24.8. The highest BCUT2D eigenvalue weighted by Gasteiger charge is 2.37. The summed E-state index contributed by atoms with van der Waals surface area (Å²) in [6, 6.07) is 5.16. The van der Waals surface area contributed by atoms with Gasteiger partial charge in [-0.3, -0.25) is 4.79 Å². The predicted octanol–water partition coefficient (Wildman–Crippen LogP) is 2.79. The van der Waals surface area contributed by atoms with Gasteiger partial charge in [-0.2, -0.15) is 0 Å². The summed E-state index contributed by atoms with van der Waals surface area (Å²) in [6.45, 7) is 0. The zero-order valence-electron chi connectivity index (χ0n) is 10.3. The van der Waals surface area contributed by atoms with Crippen molar-refractivity contribution in [2.75, 3.05) is 0 Å². The molecule has 0 aromatic heterocycles. The Kier molecular flexibility index (Phi) is 4.30. The molecule has 0 spiro atoms. The quantitative estimate of drug-likeness (QED) is 0.859. The van der Waals surface area contributed by atoms with Crippen LogP contribution < -0.4 is 0 Å². The van der Waals surface area contributed by atoms with Crippen molar-refractivity contribution in [3.05, 3.63) is 28.2 Å². The first-order valence-corrected chi connectivity index (χ1v) is 8.49. The van der Waals surface area contributed by atoms with Gasteiger partial charge in [0, 0.05) is 10.9 Å². The number of carbonyl (C=O) groups is 1. The van der Waals surface area contributed by atoms with Gasteiger partial charge in [0.25, 0.3) is 0 Å². The highest BCUT2D eigenvalue weighted by molar-refractivity contribution is 9.10. The molecular weight excluding hydrogens is 332 g/mol. The number of benzene rings is 1. The third kappa shape index (κ3) is 3.57. The minimum absolute atomic E-state index is 0.125. The number of sulfone groups is 1. The van der Waals surface area contributed by atoms with Crippen molar-refractivity contribution in [1.29, 1.82) is 0 Å². The van der Waals surface area contributed by atoms with E-state index in [-0.39, 0.29) is 11.7 Å². The fourth-order valence-electron chi connectivity index (χ4n) is 1.93. The first-order valence-electron chi connectivity index (χ1n) is 6.15. The number of hydrogen-bond donors (Lipinski definition) is 1. The Balaban J connectivity index is 2.11. The minimum Gasteiger partial charge on any atom is -0.481 e. The van der Waals surface area contributed by atoms with Gasteiger partial charge < -0.3 is 5.11 Å². The lowest BCUT2D eigenvalue weighted by Gasteiger charge is -2.07. The van der Waals surface area contributed by atoms with Crippen LogP contribution in [-0.4, -0.2) is 24.7 Å². The maximum atomic E-state index is 12.1. The third-order valence-electron chi connectivity index (χ3n) is 3.12. The van der Waals surface area contributed by atoms with Gasteiger partial charge in [-0.05, 0) is 59.3 Å². The Bertz CT molecular complexity index is 591. The summed E-state index contributed by atoms with van der Waals surface area (Å²) in [4.78, 5) is 10.8. The third-order valence-corrected chi connectivity index (χ3v) is 6.36. The van der Waals surface area contributed by atoms with Gasteiger partial charge in [0.15, 0.2) is 9.84 Å². The molecule has 1 aliphatic rings. The van der Waals surface area contributed by atoms with E-state index in [1.54, 1.807) is 18.2 Å². The number of carboxylic acid groups (broad SMARTS) is 1. The van der Waals surface area contributed by atoms with Crippen molar-refractivity contribution in [1.82, 2.24) is 0 Å². The van der Waals surface area contributed by atoms with E-state index in [0.717, 1.165) is 18.4 Å². The van der Waals surface area contributed by atoms with Crippen molar-refractivity contribution in [3.63, 3.8) is 0 Å². The standard InChI is InChI=1S/C13H15BrO4S/c14-11-8-9(2-1-3-13(15)16)4-7-12(11)19(17,18)10-5-6-10/h4,7-8,10H,1-3,5-6H2,(H,15,16). The highest BCUT2D eigenvalue weighted by atomic mass is 79.9. The summed E-state index contributed by atoms with van der Waals surface area (Å²) in [7, 11) is -3.19. The fraction of sp³-hybridized carbons (Fsp3) is 0.462. The number of aryl methyl sites for hydroxylation is 1. The van der Waals surface area contributed by atoms with Crippen LogP contribution in [0.5, 0.6) is 0 Å². The molecule has 0 radical (unpaired) electrons. The average Bonchev–Trinajstić information content (AvgIpc) is 3.12. The molecule has 0 unspecified atom stereocenters. The van der Waals surface area contributed by atoms with Gasteiger partial charge >= 0.3 is 5.97 Å². The molecule has 1 aliphatic carbocycles. The summed E-state index contributed by atoms with van der Waals surface area (Å²) in [5.41, 5.74) is 0.947. The first kappa shape index (κ1) is 14.5. The van der Waals surface area contributed by atoms with Gasteiger partial charge in [0.2, 0.25) is 0 Å². The Morgan fingerprint density at radius 2 is 2.05 bits per heavy atom. The summed E-state index contributed by atoms with van der Waals surface area (Å²) >= 11 is 3.30. The molecule has 0 bridgehead atoms. The van der Waals surface area contributed by atoms with E-state index < -0.39 is 15.8 Å². The van der Waals surface area contributed by atoms with E-state index in [4.69, 9.17) is 5.11 Å². The van der Waals surface area contributed by atoms with Crippen LogP contribution in [0, 0.1) is 0 Å². The van der Waals surface area contributed by atoms with Crippen LogP contribution in [0.4, 0.5) is 0 Å². The normalized spacial score (nSPS) is 15.4. The minimum atomic E-state index is -3.19. The van der Waals surface area contributed by atoms with Crippen LogP contribution in [0.3, 0.4) is 0 Å². The summed E-state index contributed by atoms with van der Waals surface area (Å²) in [5.74, 6) is -0.813. The molecule has 0 aliphatic heterocycles. The molecule has 104 valence electrons. The molecule has 1 saturated carbocycles. The monoisotopic (exact) mass is 346 g/mol. The van der Waals surface area contributed by atoms with Gasteiger partial charge in [-0.15, -0.1) is 0 Å². The maximum Gasteiger partial charge on any atom is 0.303 e. The lowest BCUT2D eigenvalue weighted by Crippen LogP contribution is -2.08. The molecule has 19 heavy (non-hydrogen) atoms. The SMILES string of the molecule is O=C(O)CCCc1ccc(S(=O)(=O)C2CC2)c(Br)c1. The maximum absolute atomic E-state index is 12.1. The van der Waals surface area contributed by atoms with Crippen molar-refractivity contribution >= 4 is 31.7 Å². The van der Waals surface area contributed by atoms with Crippen molar-refractivity contribution in [2.24, 2.45) is 0 Å². The highest BCUT2D eigenvalue weighted by Crippen LogP contribution is 2.36.